The molecule has 3 unspecified atom stereocenters. The van der Waals surface area contributed by atoms with Crippen LogP contribution in [0.3, 0.4) is 0 Å². The first-order chi connectivity index (χ1) is 9.56. The van der Waals surface area contributed by atoms with Crippen molar-refractivity contribution < 1.29 is 4.74 Å². The zero-order chi connectivity index (χ0) is 15.0. The molecule has 0 aromatic rings. The molecule has 1 saturated carbocycles. The van der Waals surface area contributed by atoms with E-state index < -0.39 is 0 Å². The Kier molecular flexibility index (Phi) is 8.74. The van der Waals surface area contributed by atoms with Crippen LogP contribution >= 0.6 is 0 Å². The van der Waals surface area contributed by atoms with Crippen LogP contribution < -0.4 is 5.32 Å². The van der Waals surface area contributed by atoms with Gasteiger partial charge in [-0.05, 0) is 59.0 Å². The van der Waals surface area contributed by atoms with Crippen LogP contribution in [-0.2, 0) is 4.74 Å². The second kappa shape index (κ2) is 9.75. The number of nitrogens with zero attached hydrogens (tertiary/aromatic N) is 1. The van der Waals surface area contributed by atoms with Gasteiger partial charge in [0.1, 0.15) is 0 Å². The van der Waals surface area contributed by atoms with E-state index in [9.17, 15) is 0 Å². The number of likely N-dealkylation sites (N-methyl/N-ethyl adjacent to an activating group) is 1. The minimum absolute atomic E-state index is 0.345. The summed E-state index contributed by atoms with van der Waals surface area (Å²) in [6.07, 6.45) is 7.25. The molecule has 0 aliphatic heterocycles. The molecule has 1 N–H and O–H groups in total. The maximum Gasteiger partial charge on any atom is 0.0596 e. The lowest BCUT2D eigenvalue weighted by Gasteiger charge is -2.38. The molecule has 0 radical (unpaired) electrons. The first-order valence-corrected chi connectivity index (χ1v) is 8.54. The van der Waals surface area contributed by atoms with E-state index >= 15 is 0 Å². The fourth-order valence-electron chi connectivity index (χ4n) is 3.55. The molecule has 120 valence electrons. The third-order valence-corrected chi connectivity index (χ3v) is 4.63. The number of hydrogen-bond acceptors (Lipinski definition) is 3. The van der Waals surface area contributed by atoms with Gasteiger partial charge in [-0.1, -0.05) is 19.8 Å². The van der Waals surface area contributed by atoms with Crippen molar-refractivity contribution >= 4 is 0 Å². The Morgan fingerprint density at radius 2 is 2.05 bits per heavy atom. The van der Waals surface area contributed by atoms with Gasteiger partial charge in [0, 0.05) is 19.1 Å². The monoisotopic (exact) mass is 284 g/mol. The summed E-state index contributed by atoms with van der Waals surface area (Å²) >= 11 is 0. The van der Waals surface area contributed by atoms with Gasteiger partial charge >= 0.3 is 0 Å². The predicted molar refractivity (Wildman–Crippen MR) is 87.2 cm³/mol. The van der Waals surface area contributed by atoms with Gasteiger partial charge in [0.15, 0.2) is 0 Å². The van der Waals surface area contributed by atoms with E-state index in [-0.39, 0.29) is 0 Å². The largest absolute Gasteiger partial charge is 0.377 e. The summed E-state index contributed by atoms with van der Waals surface area (Å²) in [6.45, 7) is 9.62. The Morgan fingerprint density at radius 3 is 2.65 bits per heavy atom. The van der Waals surface area contributed by atoms with E-state index in [1.807, 2.05) is 0 Å². The number of nitrogens with one attached hydrogen (secondary N) is 1. The maximum absolute atomic E-state index is 5.66. The molecular weight excluding hydrogens is 248 g/mol. The third kappa shape index (κ3) is 6.55. The summed E-state index contributed by atoms with van der Waals surface area (Å²) in [5.74, 6) is 1.75. The Morgan fingerprint density at radius 1 is 1.30 bits per heavy atom. The number of rotatable bonds is 9. The van der Waals surface area contributed by atoms with Crippen LogP contribution in [0.15, 0.2) is 0 Å². The Labute approximate surface area is 126 Å². The van der Waals surface area contributed by atoms with Crippen molar-refractivity contribution in [2.45, 2.75) is 65.0 Å². The number of hydrogen-bond donors (Lipinski definition) is 1. The summed E-state index contributed by atoms with van der Waals surface area (Å²) in [6, 6.07) is 0.705. The molecule has 1 rings (SSSR count). The lowest BCUT2D eigenvalue weighted by molar-refractivity contribution is 0.0563. The van der Waals surface area contributed by atoms with Crippen molar-refractivity contribution in [3.8, 4) is 0 Å². The van der Waals surface area contributed by atoms with Crippen LogP contribution in [0.1, 0.15) is 52.9 Å². The highest BCUT2D eigenvalue weighted by Crippen LogP contribution is 2.32. The molecule has 0 spiro atoms. The van der Waals surface area contributed by atoms with Crippen LogP contribution in [0.25, 0.3) is 0 Å². The van der Waals surface area contributed by atoms with E-state index in [4.69, 9.17) is 4.74 Å². The molecule has 0 amide bonds. The van der Waals surface area contributed by atoms with Gasteiger partial charge in [-0.2, -0.15) is 0 Å². The van der Waals surface area contributed by atoms with Crippen LogP contribution in [0.4, 0.5) is 0 Å². The molecule has 1 fully saturated rings. The van der Waals surface area contributed by atoms with Gasteiger partial charge in [-0.15, -0.1) is 0 Å². The Bertz CT molecular complexity index is 245. The quantitative estimate of drug-likeness (QED) is 0.704. The average molecular weight is 284 g/mol. The van der Waals surface area contributed by atoms with E-state index in [1.165, 1.54) is 38.6 Å². The highest BCUT2D eigenvalue weighted by atomic mass is 16.5. The summed E-state index contributed by atoms with van der Waals surface area (Å²) in [5.41, 5.74) is 0. The lowest BCUT2D eigenvalue weighted by atomic mass is 9.76. The second-order valence-corrected chi connectivity index (χ2v) is 6.80. The Hall–Kier alpha value is -0.120. The van der Waals surface area contributed by atoms with Crippen molar-refractivity contribution in [2.75, 3.05) is 33.8 Å². The SMILES string of the molecule is CCCC1CCC(NC)C(CN(C)CCOC(C)C)C1. The molecule has 0 saturated heterocycles. The first-order valence-electron chi connectivity index (χ1n) is 8.54. The van der Waals surface area contributed by atoms with Gasteiger partial charge < -0.3 is 15.0 Å². The van der Waals surface area contributed by atoms with Gasteiger partial charge in [0.05, 0.1) is 12.7 Å². The molecule has 0 heterocycles. The topological polar surface area (TPSA) is 24.5 Å². The first kappa shape index (κ1) is 17.9. The average Bonchev–Trinajstić information content (AvgIpc) is 2.39. The van der Waals surface area contributed by atoms with Crippen molar-refractivity contribution in [3.05, 3.63) is 0 Å². The molecule has 0 aromatic heterocycles. The van der Waals surface area contributed by atoms with Gasteiger partial charge in [0.2, 0.25) is 0 Å². The summed E-state index contributed by atoms with van der Waals surface area (Å²) in [5, 5.41) is 3.54. The lowest BCUT2D eigenvalue weighted by Crippen LogP contribution is -2.44. The Balaban J connectivity index is 2.36. The molecule has 3 atom stereocenters. The number of ether oxygens (including phenoxy) is 1. The highest BCUT2D eigenvalue weighted by molar-refractivity contribution is 4.85. The summed E-state index contributed by atoms with van der Waals surface area (Å²) in [4.78, 5) is 2.45. The fraction of sp³-hybridized carbons (Fsp3) is 1.00. The van der Waals surface area contributed by atoms with Crippen molar-refractivity contribution in [1.82, 2.24) is 10.2 Å². The van der Waals surface area contributed by atoms with Gasteiger partial charge in [-0.3, -0.25) is 0 Å². The molecule has 3 nitrogen and oxygen atoms in total. The fourth-order valence-corrected chi connectivity index (χ4v) is 3.55. The summed E-state index contributed by atoms with van der Waals surface area (Å²) < 4.78 is 5.66. The summed E-state index contributed by atoms with van der Waals surface area (Å²) in [7, 11) is 4.36. The van der Waals surface area contributed by atoms with Crippen LogP contribution in [-0.4, -0.2) is 50.8 Å². The smallest absolute Gasteiger partial charge is 0.0596 e. The van der Waals surface area contributed by atoms with Crippen molar-refractivity contribution in [2.24, 2.45) is 11.8 Å². The molecule has 3 heteroatoms. The van der Waals surface area contributed by atoms with E-state index in [0.717, 1.165) is 25.0 Å². The highest BCUT2D eigenvalue weighted by Gasteiger charge is 2.29. The van der Waals surface area contributed by atoms with E-state index in [1.54, 1.807) is 0 Å². The van der Waals surface area contributed by atoms with Crippen LogP contribution in [0.5, 0.6) is 0 Å². The third-order valence-electron chi connectivity index (χ3n) is 4.63. The minimum Gasteiger partial charge on any atom is -0.377 e. The van der Waals surface area contributed by atoms with Crippen LogP contribution in [0, 0.1) is 11.8 Å². The van der Waals surface area contributed by atoms with E-state index in [0.29, 0.717) is 12.1 Å². The minimum atomic E-state index is 0.345. The van der Waals surface area contributed by atoms with Crippen molar-refractivity contribution in [1.29, 1.82) is 0 Å². The normalized spacial score (nSPS) is 27.4. The standard InChI is InChI=1S/C17H36N2O/c1-6-7-15-8-9-17(18-4)16(12-15)13-19(5)10-11-20-14(2)3/h14-18H,6-13H2,1-5H3. The van der Waals surface area contributed by atoms with Gasteiger partial charge in [0.25, 0.3) is 0 Å². The molecule has 1 aliphatic rings. The zero-order valence-electron chi connectivity index (χ0n) is 14.3. The second-order valence-electron chi connectivity index (χ2n) is 6.80. The van der Waals surface area contributed by atoms with Crippen molar-refractivity contribution in [3.63, 3.8) is 0 Å². The maximum atomic E-state index is 5.66. The van der Waals surface area contributed by atoms with Crippen LogP contribution in [0.2, 0.25) is 0 Å². The molecule has 0 aromatic carbocycles. The molecule has 1 aliphatic carbocycles. The molecular formula is C17H36N2O. The van der Waals surface area contributed by atoms with Gasteiger partial charge in [-0.25, -0.2) is 0 Å². The molecule has 0 bridgehead atoms. The molecule has 20 heavy (non-hydrogen) atoms. The van der Waals surface area contributed by atoms with E-state index in [2.05, 4.69) is 45.1 Å². The zero-order valence-corrected chi connectivity index (χ0v) is 14.3. The predicted octanol–water partition coefficient (Wildman–Crippen LogP) is 3.15.